The number of rotatable bonds is 6. The van der Waals surface area contributed by atoms with Crippen molar-refractivity contribution in [3.05, 3.63) is 42.5 Å². The Kier molecular flexibility index (Phi) is 5.65. The summed E-state index contributed by atoms with van der Waals surface area (Å²) in [6.07, 6.45) is 5.22. The summed E-state index contributed by atoms with van der Waals surface area (Å²) >= 11 is 0. The minimum atomic E-state index is 0.0188. The van der Waals surface area contributed by atoms with E-state index in [1.165, 1.54) is 6.33 Å². The number of hydrogen-bond donors (Lipinski definition) is 0. The molecule has 134 valence electrons. The monoisotopic (exact) mass is 343 g/mol. The van der Waals surface area contributed by atoms with E-state index in [1.807, 2.05) is 47.9 Å². The van der Waals surface area contributed by atoms with Crippen LogP contribution in [0.25, 0.3) is 0 Å². The topological polar surface area (TPSA) is 63.5 Å². The number of para-hydroxylation sites is 1. The first-order valence-electron chi connectivity index (χ1n) is 8.65. The lowest BCUT2D eigenvalue weighted by molar-refractivity contribution is 0.0668. The highest BCUT2D eigenvalue weighted by molar-refractivity contribution is 5.97. The van der Waals surface area contributed by atoms with Gasteiger partial charge < -0.3 is 14.5 Å². The summed E-state index contributed by atoms with van der Waals surface area (Å²) in [5.74, 6) is 0.669. The summed E-state index contributed by atoms with van der Waals surface area (Å²) in [7, 11) is 4.00. The number of ether oxygens (including phenoxy) is 1. The van der Waals surface area contributed by atoms with E-state index in [9.17, 15) is 4.79 Å². The molecule has 0 unspecified atom stereocenters. The van der Waals surface area contributed by atoms with E-state index in [0.29, 0.717) is 24.5 Å². The number of benzene rings is 1. The Morgan fingerprint density at radius 2 is 2.20 bits per heavy atom. The van der Waals surface area contributed by atoms with Crippen molar-refractivity contribution in [3.8, 4) is 5.75 Å². The second-order valence-corrected chi connectivity index (χ2v) is 6.57. The van der Waals surface area contributed by atoms with Crippen LogP contribution in [0.15, 0.2) is 36.9 Å². The quantitative estimate of drug-likeness (QED) is 0.799. The van der Waals surface area contributed by atoms with Gasteiger partial charge in [-0.2, -0.15) is 5.10 Å². The van der Waals surface area contributed by atoms with Crippen LogP contribution in [0.2, 0.25) is 0 Å². The summed E-state index contributed by atoms with van der Waals surface area (Å²) in [6.45, 7) is 2.77. The summed E-state index contributed by atoms with van der Waals surface area (Å²) in [5.41, 5.74) is 0.625. The SMILES string of the molecule is CN(C)CCOc1ccccc1C(=O)N1CCC[C@@H](n2cncn2)C1. The van der Waals surface area contributed by atoms with Crippen LogP contribution in [0.1, 0.15) is 29.2 Å². The highest BCUT2D eigenvalue weighted by Crippen LogP contribution is 2.25. The molecule has 7 heteroatoms. The number of hydrogen-bond acceptors (Lipinski definition) is 5. The first kappa shape index (κ1) is 17.4. The number of carbonyl (C=O) groups excluding carboxylic acids is 1. The van der Waals surface area contributed by atoms with Gasteiger partial charge >= 0.3 is 0 Å². The average molecular weight is 343 g/mol. The van der Waals surface area contributed by atoms with Crippen molar-refractivity contribution in [3.63, 3.8) is 0 Å². The van der Waals surface area contributed by atoms with Crippen LogP contribution in [-0.2, 0) is 0 Å². The molecule has 1 fully saturated rings. The lowest BCUT2D eigenvalue weighted by Crippen LogP contribution is -2.41. The van der Waals surface area contributed by atoms with E-state index in [1.54, 1.807) is 6.33 Å². The highest BCUT2D eigenvalue weighted by atomic mass is 16.5. The molecule has 1 aromatic heterocycles. The third-order valence-electron chi connectivity index (χ3n) is 4.41. The lowest BCUT2D eigenvalue weighted by Gasteiger charge is -2.33. The minimum Gasteiger partial charge on any atom is -0.491 e. The lowest BCUT2D eigenvalue weighted by atomic mass is 10.0. The number of likely N-dealkylation sites (tertiary alicyclic amines) is 1. The molecule has 0 spiro atoms. The average Bonchev–Trinajstić information content (AvgIpc) is 3.16. The molecule has 0 bridgehead atoms. The molecule has 2 heterocycles. The fourth-order valence-electron chi connectivity index (χ4n) is 3.04. The summed E-state index contributed by atoms with van der Waals surface area (Å²) in [4.78, 5) is 21.0. The Morgan fingerprint density at radius 1 is 1.36 bits per heavy atom. The Balaban J connectivity index is 1.70. The second-order valence-electron chi connectivity index (χ2n) is 6.57. The largest absolute Gasteiger partial charge is 0.491 e. The molecular weight excluding hydrogens is 318 g/mol. The standard InChI is InChI=1S/C18H25N5O2/c1-21(2)10-11-25-17-8-4-3-7-16(17)18(24)22-9-5-6-15(12-22)23-14-19-13-20-23/h3-4,7-8,13-15H,5-6,9-12H2,1-2H3/t15-/m1/s1. The van der Waals surface area contributed by atoms with Gasteiger partial charge in [-0.15, -0.1) is 0 Å². The van der Waals surface area contributed by atoms with Gasteiger partial charge in [0.1, 0.15) is 25.0 Å². The maximum absolute atomic E-state index is 13.0. The zero-order valence-electron chi connectivity index (χ0n) is 14.8. The van der Waals surface area contributed by atoms with Gasteiger partial charge in [-0.1, -0.05) is 12.1 Å². The molecule has 1 aliphatic heterocycles. The van der Waals surface area contributed by atoms with Crippen LogP contribution in [0.3, 0.4) is 0 Å². The zero-order valence-corrected chi connectivity index (χ0v) is 14.8. The maximum atomic E-state index is 13.0. The number of amides is 1. The molecule has 1 atom stereocenters. The van der Waals surface area contributed by atoms with E-state index < -0.39 is 0 Å². The molecule has 2 aromatic rings. The van der Waals surface area contributed by atoms with E-state index in [4.69, 9.17) is 4.74 Å². The van der Waals surface area contributed by atoms with Crippen LogP contribution in [0.4, 0.5) is 0 Å². The molecule has 7 nitrogen and oxygen atoms in total. The maximum Gasteiger partial charge on any atom is 0.257 e. The van der Waals surface area contributed by atoms with Crippen molar-refractivity contribution in [1.82, 2.24) is 24.6 Å². The van der Waals surface area contributed by atoms with E-state index >= 15 is 0 Å². The molecule has 25 heavy (non-hydrogen) atoms. The van der Waals surface area contributed by atoms with Crippen LogP contribution < -0.4 is 4.74 Å². The molecule has 1 aromatic carbocycles. The van der Waals surface area contributed by atoms with Gasteiger partial charge in [-0.05, 0) is 39.1 Å². The van der Waals surface area contributed by atoms with Crippen molar-refractivity contribution in [2.45, 2.75) is 18.9 Å². The van der Waals surface area contributed by atoms with E-state index in [0.717, 1.165) is 25.9 Å². The number of nitrogens with zero attached hydrogens (tertiary/aromatic N) is 5. The van der Waals surface area contributed by atoms with Gasteiger partial charge in [0, 0.05) is 19.6 Å². The van der Waals surface area contributed by atoms with Crippen molar-refractivity contribution in [1.29, 1.82) is 0 Å². The Labute approximate surface area is 148 Å². The first-order chi connectivity index (χ1) is 12.1. The molecule has 1 aliphatic rings. The van der Waals surface area contributed by atoms with Crippen molar-refractivity contribution < 1.29 is 9.53 Å². The van der Waals surface area contributed by atoms with Crippen LogP contribution in [0.5, 0.6) is 5.75 Å². The highest BCUT2D eigenvalue weighted by Gasteiger charge is 2.27. The van der Waals surface area contributed by atoms with Crippen LogP contribution >= 0.6 is 0 Å². The third-order valence-corrected chi connectivity index (χ3v) is 4.41. The molecule has 0 N–H and O–H groups in total. The normalized spacial score (nSPS) is 17.7. The fourth-order valence-corrected chi connectivity index (χ4v) is 3.04. The Bertz CT molecular complexity index is 687. The summed E-state index contributed by atoms with van der Waals surface area (Å²) < 4.78 is 7.69. The van der Waals surface area contributed by atoms with Gasteiger partial charge in [0.05, 0.1) is 11.6 Å². The summed E-state index contributed by atoms with van der Waals surface area (Å²) in [6, 6.07) is 7.66. The molecule has 1 saturated heterocycles. The first-order valence-corrected chi connectivity index (χ1v) is 8.65. The second kappa shape index (κ2) is 8.11. The van der Waals surface area contributed by atoms with Gasteiger partial charge in [-0.25, -0.2) is 9.67 Å². The molecule has 1 amide bonds. The van der Waals surface area contributed by atoms with Crippen LogP contribution in [0, 0.1) is 0 Å². The molecule has 3 rings (SSSR count). The molecule has 0 aliphatic carbocycles. The molecule has 0 radical (unpaired) electrons. The Morgan fingerprint density at radius 3 is 2.96 bits per heavy atom. The smallest absolute Gasteiger partial charge is 0.257 e. The Hall–Kier alpha value is -2.41. The predicted octanol–water partition coefficient (Wildman–Crippen LogP) is 1.70. The van der Waals surface area contributed by atoms with Crippen LogP contribution in [-0.4, -0.2) is 70.8 Å². The zero-order chi connectivity index (χ0) is 17.6. The predicted molar refractivity (Wildman–Crippen MR) is 94.7 cm³/mol. The van der Waals surface area contributed by atoms with Crippen molar-refractivity contribution >= 4 is 5.91 Å². The van der Waals surface area contributed by atoms with Crippen molar-refractivity contribution in [2.75, 3.05) is 40.3 Å². The number of likely N-dealkylation sites (N-methyl/N-ethyl adjacent to an activating group) is 1. The molecule has 0 saturated carbocycles. The van der Waals surface area contributed by atoms with Gasteiger partial charge in [0.15, 0.2) is 0 Å². The summed E-state index contributed by atoms with van der Waals surface area (Å²) in [5, 5.41) is 4.22. The van der Waals surface area contributed by atoms with E-state index in [2.05, 4.69) is 15.0 Å². The number of piperidine rings is 1. The van der Waals surface area contributed by atoms with Crippen molar-refractivity contribution in [2.24, 2.45) is 0 Å². The number of carbonyl (C=O) groups is 1. The number of aromatic nitrogens is 3. The van der Waals surface area contributed by atoms with Gasteiger partial charge in [0.25, 0.3) is 5.91 Å². The van der Waals surface area contributed by atoms with Gasteiger partial charge in [0.2, 0.25) is 0 Å². The van der Waals surface area contributed by atoms with E-state index in [-0.39, 0.29) is 11.9 Å². The fraction of sp³-hybridized carbons (Fsp3) is 0.500. The third kappa shape index (κ3) is 4.36. The van der Waals surface area contributed by atoms with Gasteiger partial charge in [-0.3, -0.25) is 4.79 Å². The minimum absolute atomic E-state index is 0.0188. The molecular formula is C18H25N5O2.